The summed E-state index contributed by atoms with van der Waals surface area (Å²) in [4.78, 5) is 5.89. The summed E-state index contributed by atoms with van der Waals surface area (Å²) in [5.74, 6) is 0.149. The van der Waals surface area contributed by atoms with Gasteiger partial charge in [-0.1, -0.05) is 12.1 Å². The van der Waals surface area contributed by atoms with E-state index in [0.717, 1.165) is 5.56 Å². The lowest BCUT2D eigenvalue weighted by Gasteiger charge is -2.38. The Bertz CT molecular complexity index is 522. The molecule has 1 aliphatic heterocycles. The lowest BCUT2D eigenvalue weighted by atomic mass is 10.1. The van der Waals surface area contributed by atoms with Crippen molar-refractivity contribution in [1.29, 1.82) is 0 Å². The summed E-state index contributed by atoms with van der Waals surface area (Å²) < 4.78 is 43.9. The van der Waals surface area contributed by atoms with E-state index in [4.69, 9.17) is 4.74 Å². The van der Waals surface area contributed by atoms with Crippen molar-refractivity contribution in [3.05, 3.63) is 35.6 Å². The van der Waals surface area contributed by atoms with E-state index in [1.807, 2.05) is 18.7 Å². The van der Waals surface area contributed by atoms with Gasteiger partial charge in [0.15, 0.2) is 5.96 Å². The van der Waals surface area contributed by atoms with E-state index in [-0.39, 0.29) is 18.0 Å². The van der Waals surface area contributed by atoms with Crippen LogP contribution in [-0.4, -0.2) is 49.6 Å². The number of guanidine groups is 1. The average Bonchev–Trinajstić information content (AvgIpc) is 2.51. The molecule has 0 saturated carbocycles. The molecule has 4 nitrogen and oxygen atoms in total. The number of hydrogen-bond donors (Lipinski definition) is 1. The molecule has 2 unspecified atom stereocenters. The van der Waals surface area contributed by atoms with Gasteiger partial charge in [-0.2, -0.15) is 0 Å². The van der Waals surface area contributed by atoms with Gasteiger partial charge >= 0.3 is 0 Å². The SMILES string of the molecule is CCNC(=NCC(F)F)N1CC(C)OC(c2ccc(F)cc2)C1. The molecule has 1 aromatic carbocycles. The first-order valence-electron chi connectivity index (χ1n) is 7.72. The largest absolute Gasteiger partial charge is 0.367 e. The highest BCUT2D eigenvalue weighted by Crippen LogP contribution is 2.25. The molecule has 2 rings (SSSR count). The van der Waals surface area contributed by atoms with Crippen molar-refractivity contribution in [2.45, 2.75) is 32.5 Å². The van der Waals surface area contributed by atoms with Crippen molar-refractivity contribution in [1.82, 2.24) is 10.2 Å². The second-order valence-electron chi connectivity index (χ2n) is 5.48. The van der Waals surface area contributed by atoms with E-state index in [2.05, 4.69) is 10.3 Å². The van der Waals surface area contributed by atoms with E-state index in [1.165, 1.54) is 12.1 Å². The summed E-state index contributed by atoms with van der Waals surface area (Å²) in [5.41, 5.74) is 0.854. The number of rotatable bonds is 4. The van der Waals surface area contributed by atoms with Crippen LogP contribution in [0, 0.1) is 5.82 Å². The number of hydrogen-bond acceptors (Lipinski definition) is 2. The molecule has 0 aliphatic carbocycles. The second kappa shape index (κ2) is 8.19. The smallest absolute Gasteiger partial charge is 0.257 e. The highest BCUT2D eigenvalue weighted by atomic mass is 19.3. The fourth-order valence-electron chi connectivity index (χ4n) is 2.57. The minimum Gasteiger partial charge on any atom is -0.367 e. The molecule has 1 saturated heterocycles. The number of nitrogens with one attached hydrogen (secondary N) is 1. The molecule has 1 N–H and O–H groups in total. The topological polar surface area (TPSA) is 36.9 Å². The van der Waals surface area contributed by atoms with Crippen LogP contribution in [0.3, 0.4) is 0 Å². The lowest BCUT2D eigenvalue weighted by molar-refractivity contribution is -0.0605. The van der Waals surface area contributed by atoms with Gasteiger partial charge in [-0.3, -0.25) is 0 Å². The Balaban J connectivity index is 2.14. The number of halogens is 3. The van der Waals surface area contributed by atoms with E-state index >= 15 is 0 Å². The van der Waals surface area contributed by atoms with Crippen molar-refractivity contribution >= 4 is 5.96 Å². The minimum atomic E-state index is -2.48. The molecule has 1 aliphatic rings. The molecule has 1 heterocycles. The van der Waals surface area contributed by atoms with Crippen LogP contribution in [0.1, 0.15) is 25.5 Å². The van der Waals surface area contributed by atoms with Gasteiger partial charge < -0.3 is 15.0 Å². The molecule has 23 heavy (non-hydrogen) atoms. The molecular formula is C16H22F3N3O. The Morgan fingerprint density at radius 1 is 1.35 bits per heavy atom. The van der Waals surface area contributed by atoms with Crippen molar-refractivity contribution in [2.75, 3.05) is 26.2 Å². The molecule has 1 fully saturated rings. The quantitative estimate of drug-likeness (QED) is 0.682. The van der Waals surface area contributed by atoms with Crippen LogP contribution in [0.4, 0.5) is 13.2 Å². The standard InChI is InChI=1S/C16H22F3N3O/c1-3-20-16(21-8-15(18)19)22-9-11(2)23-14(10-22)12-4-6-13(17)7-5-12/h4-7,11,14-15H,3,8-10H2,1-2H3,(H,20,21). The van der Waals surface area contributed by atoms with Gasteiger partial charge in [0.1, 0.15) is 18.5 Å². The van der Waals surface area contributed by atoms with E-state index in [9.17, 15) is 13.2 Å². The summed E-state index contributed by atoms with van der Waals surface area (Å²) >= 11 is 0. The van der Waals surface area contributed by atoms with Gasteiger partial charge in [0.25, 0.3) is 6.43 Å². The lowest BCUT2D eigenvalue weighted by Crippen LogP contribution is -2.50. The van der Waals surface area contributed by atoms with Gasteiger partial charge in [-0.15, -0.1) is 0 Å². The van der Waals surface area contributed by atoms with E-state index in [1.54, 1.807) is 12.1 Å². The highest BCUT2D eigenvalue weighted by molar-refractivity contribution is 5.80. The number of benzene rings is 1. The van der Waals surface area contributed by atoms with Crippen LogP contribution in [0.5, 0.6) is 0 Å². The average molecular weight is 329 g/mol. The Labute approximate surface area is 134 Å². The van der Waals surface area contributed by atoms with Crippen molar-refractivity contribution < 1.29 is 17.9 Å². The molecule has 2 atom stereocenters. The number of morpholine rings is 1. The first-order chi connectivity index (χ1) is 11.0. The molecule has 7 heteroatoms. The summed E-state index contributed by atoms with van der Waals surface area (Å²) in [7, 11) is 0. The van der Waals surface area contributed by atoms with Gasteiger partial charge in [0.2, 0.25) is 0 Å². The first kappa shape index (κ1) is 17.6. The van der Waals surface area contributed by atoms with E-state index in [0.29, 0.717) is 25.6 Å². The number of alkyl halides is 2. The normalized spacial score (nSPS) is 22.5. The summed E-state index contributed by atoms with van der Waals surface area (Å²) in [5, 5.41) is 3.04. The first-order valence-corrected chi connectivity index (χ1v) is 7.72. The summed E-state index contributed by atoms with van der Waals surface area (Å²) in [6.45, 7) is 4.90. The third-order valence-electron chi connectivity index (χ3n) is 3.52. The number of ether oxygens (including phenoxy) is 1. The Morgan fingerprint density at radius 2 is 2.04 bits per heavy atom. The van der Waals surface area contributed by atoms with Crippen LogP contribution in [0.25, 0.3) is 0 Å². The van der Waals surface area contributed by atoms with Crippen molar-refractivity contribution in [3.8, 4) is 0 Å². The Kier molecular flexibility index (Phi) is 6.27. The Hall–Kier alpha value is -1.76. The monoisotopic (exact) mass is 329 g/mol. The predicted molar refractivity (Wildman–Crippen MR) is 83.2 cm³/mol. The third kappa shape index (κ3) is 5.13. The molecule has 128 valence electrons. The maximum Gasteiger partial charge on any atom is 0.257 e. The van der Waals surface area contributed by atoms with Crippen molar-refractivity contribution in [2.24, 2.45) is 4.99 Å². The summed E-state index contributed by atoms with van der Waals surface area (Å²) in [6, 6.07) is 6.13. The molecule has 0 amide bonds. The van der Waals surface area contributed by atoms with Crippen LogP contribution < -0.4 is 5.32 Å². The molecular weight excluding hydrogens is 307 g/mol. The fourth-order valence-corrected chi connectivity index (χ4v) is 2.57. The van der Waals surface area contributed by atoms with Crippen molar-refractivity contribution in [3.63, 3.8) is 0 Å². The van der Waals surface area contributed by atoms with Gasteiger partial charge in [0.05, 0.1) is 12.6 Å². The third-order valence-corrected chi connectivity index (χ3v) is 3.52. The zero-order valence-electron chi connectivity index (χ0n) is 13.3. The molecule has 0 bridgehead atoms. The minimum absolute atomic E-state index is 0.0887. The zero-order chi connectivity index (χ0) is 16.8. The van der Waals surface area contributed by atoms with Crippen LogP contribution in [-0.2, 0) is 4.74 Å². The predicted octanol–water partition coefficient (Wildman–Crippen LogP) is 2.82. The molecule has 0 radical (unpaired) electrons. The van der Waals surface area contributed by atoms with Crippen LogP contribution >= 0.6 is 0 Å². The Morgan fingerprint density at radius 3 is 2.65 bits per heavy atom. The second-order valence-corrected chi connectivity index (χ2v) is 5.48. The molecule has 1 aromatic rings. The van der Waals surface area contributed by atoms with Gasteiger partial charge in [-0.05, 0) is 31.5 Å². The maximum atomic E-state index is 13.1. The summed E-state index contributed by atoms with van der Waals surface area (Å²) in [6.07, 6.45) is -2.82. The molecule has 0 spiro atoms. The number of nitrogens with zero attached hydrogens (tertiary/aromatic N) is 2. The van der Waals surface area contributed by atoms with Crippen LogP contribution in [0.15, 0.2) is 29.3 Å². The maximum absolute atomic E-state index is 13.1. The highest BCUT2D eigenvalue weighted by Gasteiger charge is 2.28. The fraction of sp³-hybridized carbons (Fsp3) is 0.562. The van der Waals surface area contributed by atoms with Gasteiger partial charge in [-0.25, -0.2) is 18.2 Å². The zero-order valence-corrected chi connectivity index (χ0v) is 13.3. The molecule has 0 aromatic heterocycles. The van der Waals surface area contributed by atoms with Gasteiger partial charge in [0, 0.05) is 13.1 Å². The number of aliphatic imine (C=N–C) groups is 1. The van der Waals surface area contributed by atoms with E-state index < -0.39 is 13.0 Å². The van der Waals surface area contributed by atoms with Crippen LogP contribution in [0.2, 0.25) is 0 Å².